The van der Waals surface area contributed by atoms with Gasteiger partial charge in [-0.1, -0.05) is 12.1 Å². The summed E-state index contributed by atoms with van der Waals surface area (Å²) < 4.78 is 22.5. The number of halogens is 1. The molecule has 1 aromatic heterocycles. The molecule has 2 aromatic carbocycles. The summed E-state index contributed by atoms with van der Waals surface area (Å²) in [5.74, 6) is 1.17. The maximum absolute atomic E-state index is 15.0. The molecule has 0 spiro atoms. The third-order valence-electron chi connectivity index (χ3n) is 7.77. The summed E-state index contributed by atoms with van der Waals surface area (Å²) in [4.78, 5) is 20.3. The summed E-state index contributed by atoms with van der Waals surface area (Å²) in [5, 5.41) is 7.70. The molecule has 1 aliphatic carbocycles. The van der Waals surface area contributed by atoms with Crippen LogP contribution in [-0.4, -0.2) is 71.4 Å². The Labute approximate surface area is 223 Å². The Kier molecular flexibility index (Phi) is 7.04. The number of hydrogen-bond donors (Lipinski definition) is 1. The van der Waals surface area contributed by atoms with E-state index in [0.29, 0.717) is 13.2 Å². The smallest absolute Gasteiger partial charge is 0.258 e. The molecular formula is C29H35FN6O2. The second-order valence-corrected chi connectivity index (χ2v) is 10.6. The van der Waals surface area contributed by atoms with Gasteiger partial charge >= 0.3 is 0 Å². The molecule has 6 rings (SSSR count). The highest BCUT2D eigenvalue weighted by atomic mass is 19.1. The lowest BCUT2D eigenvalue weighted by molar-refractivity contribution is 0.0985. The first-order valence-electron chi connectivity index (χ1n) is 13.6. The van der Waals surface area contributed by atoms with Gasteiger partial charge in [-0.2, -0.15) is 5.10 Å². The van der Waals surface area contributed by atoms with Crippen LogP contribution in [0.15, 0.2) is 48.7 Å². The van der Waals surface area contributed by atoms with Gasteiger partial charge in [-0.25, -0.2) is 4.39 Å². The van der Waals surface area contributed by atoms with Crippen LogP contribution in [0.5, 0.6) is 5.75 Å². The number of aryl methyl sites for hydroxylation is 1. The normalized spacial score (nSPS) is 17.9. The van der Waals surface area contributed by atoms with E-state index in [0.717, 1.165) is 67.8 Å². The Hall–Kier alpha value is -3.43. The summed E-state index contributed by atoms with van der Waals surface area (Å²) in [6.07, 6.45) is 5.40. The van der Waals surface area contributed by atoms with Crippen molar-refractivity contribution in [3.8, 4) is 5.75 Å². The van der Waals surface area contributed by atoms with Gasteiger partial charge < -0.3 is 24.8 Å². The van der Waals surface area contributed by atoms with Crippen LogP contribution in [0.1, 0.15) is 35.2 Å². The van der Waals surface area contributed by atoms with Gasteiger partial charge in [0.2, 0.25) is 0 Å². The van der Waals surface area contributed by atoms with E-state index < -0.39 is 5.82 Å². The first-order chi connectivity index (χ1) is 18.5. The zero-order valence-electron chi connectivity index (χ0n) is 21.9. The van der Waals surface area contributed by atoms with Gasteiger partial charge in [0.15, 0.2) is 11.6 Å². The fraction of sp³-hybridized carbons (Fsp3) is 0.448. The van der Waals surface area contributed by atoms with Crippen LogP contribution in [0.3, 0.4) is 0 Å². The molecule has 0 radical (unpaired) electrons. The third kappa shape index (κ3) is 5.39. The van der Waals surface area contributed by atoms with Crippen molar-refractivity contribution in [2.24, 2.45) is 13.0 Å². The quantitative estimate of drug-likeness (QED) is 0.450. The largest absolute Gasteiger partial charge is 0.490 e. The predicted octanol–water partition coefficient (Wildman–Crippen LogP) is 4.26. The van der Waals surface area contributed by atoms with Crippen LogP contribution in [0, 0.1) is 11.7 Å². The topological polar surface area (TPSA) is 65.9 Å². The summed E-state index contributed by atoms with van der Waals surface area (Å²) in [6.45, 7) is 7.46. The zero-order chi connectivity index (χ0) is 26.1. The van der Waals surface area contributed by atoms with Gasteiger partial charge in [0.1, 0.15) is 5.82 Å². The van der Waals surface area contributed by atoms with Crippen LogP contribution < -0.4 is 15.0 Å². The summed E-state index contributed by atoms with van der Waals surface area (Å²) >= 11 is 0. The van der Waals surface area contributed by atoms with Crippen LogP contribution in [0.2, 0.25) is 0 Å². The highest BCUT2D eigenvalue weighted by Crippen LogP contribution is 2.36. The van der Waals surface area contributed by atoms with E-state index in [1.165, 1.54) is 25.5 Å². The highest BCUT2D eigenvalue weighted by Gasteiger charge is 2.28. The van der Waals surface area contributed by atoms with E-state index in [9.17, 15) is 9.18 Å². The zero-order valence-corrected chi connectivity index (χ0v) is 21.9. The molecule has 1 saturated heterocycles. The predicted molar refractivity (Wildman–Crippen MR) is 146 cm³/mol. The van der Waals surface area contributed by atoms with E-state index in [-0.39, 0.29) is 17.2 Å². The molecule has 0 unspecified atom stereocenters. The average Bonchev–Trinajstić information content (AvgIpc) is 3.71. The first kappa shape index (κ1) is 24.9. The van der Waals surface area contributed by atoms with Gasteiger partial charge in [-0.3, -0.25) is 9.48 Å². The van der Waals surface area contributed by atoms with Gasteiger partial charge in [-0.05, 0) is 55.5 Å². The lowest BCUT2D eigenvalue weighted by Crippen LogP contribution is -2.47. The molecule has 3 aromatic rings. The van der Waals surface area contributed by atoms with Crippen molar-refractivity contribution < 1.29 is 13.9 Å². The molecule has 1 N–H and O–H groups in total. The van der Waals surface area contributed by atoms with Gasteiger partial charge in [0, 0.05) is 57.4 Å². The third-order valence-corrected chi connectivity index (χ3v) is 7.77. The first-order valence-corrected chi connectivity index (χ1v) is 13.6. The number of ether oxygens (including phenoxy) is 1. The number of para-hydroxylation sites is 2. The number of nitrogens with zero attached hydrogens (tertiary/aromatic N) is 5. The van der Waals surface area contributed by atoms with Gasteiger partial charge in [0.25, 0.3) is 5.91 Å². The summed E-state index contributed by atoms with van der Waals surface area (Å²) in [6, 6.07) is 12.1. The fourth-order valence-corrected chi connectivity index (χ4v) is 5.38. The number of piperazine rings is 1. The maximum Gasteiger partial charge on any atom is 0.258 e. The van der Waals surface area contributed by atoms with Crippen LogP contribution in [0.25, 0.3) is 0 Å². The van der Waals surface area contributed by atoms with E-state index >= 15 is 0 Å². The molecule has 0 bridgehead atoms. The number of aromatic nitrogens is 2. The lowest BCUT2D eigenvalue weighted by Gasteiger charge is -2.34. The number of rotatable bonds is 8. The molecule has 8 nitrogen and oxygen atoms in total. The standard InChI is InChI=1S/C29H35FN6O2/c1-33-28-23(18-31-33)20-36(26-6-3-2-5-25(26)32-28)29(37)22-9-10-27(24(30)17-22)38-16-4-11-34-12-14-35(15-13-34)19-21-7-8-21/h2-3,5-6,9-10,17-18,21,32H,4,7-8,11-16,19-20H2,1H3. The molecule has 0 atom stereocenters. The number of anilines is 3. The summed E-state index contributed by atoms with van der Waals surface area (Å²) in [7, 11) is 1.86. The van der Waals surface area contributed by atoms with Crippen LogP contribution >= 0.6 is 0 Å². The molecular weight excluding hydrogens is 483 g/mol. The van der Waals surface area contributed by atoms with Gasteiger partial charge in [0.05, 0.1) is 30.7 Å². The number of carbonyl (C=O) groups is 1. The average molecular weight is 519 g/mol. The van der Waals surface area contributed by atoms with E-state index in [2.05, 4.69) is 20.2 Å². The van der Waals surface area contributed by atoms with E-state index in [4.69, 9.17) is 4.74 Å². The Bertz CT molecular complexity index is 1300. The van der Waals surface area contributed by atoms with Crippen LogP contribution in [-0.2, 0) is 13.6 Å². The fourth-order valence-electron chi connectivity index (χ4n) is 5.38. The van der Waals surface area contributed by atoms with Crippen molar-refractivity contribution in [2.45, 2.75) is 25.8 Å². The minimum absolute atomic E-state index is 0.184. The molecule has 1 amide bonds. The molecule has 9 heteroatoms. The number of benzene rings is 2. The Morgan fingerprint density at radius 2 is 1.89 bits per heavy atom. The second kappa shape index (κ2) is 10.7. The number of nitrogens with one attached hydrogen (secondary N) is 1. The number of hydrogen-bond acceptors (Lipinski definition) is 6. The van der Waals surface area contributed by atoms with Crippen molar-refractivity contribution in [3.05, 3.63) is 65.6 Å². The maximum atomic E-state index is 15.0. The Morgan fingerprint density at radius 1 is 1.11 bits per heavy atom. The number of fused-ring (bicyclic) bond motifs is 2. The van der Waals surface area contributed by atoms with E-state index in [1.54, 1.807) is 27.9 Å². The Balaban J connectivity index is 1.05. The minimum atomic E-state index is -0.521. The lowest BCUT2D eigenvalue weighted by atomic mass is 10.1. The van der Waals surface area contributed by atoms with Crippen molar-refractivity contribution in [2.75, 3.05) is 56.1 Å². The molecule has 3 heterocycles. The SMILES string of the molecule is Cn1ncc2c1Nc1ccccc1N(C(=O)c1ccc(OCCCN3CCN(CC4CC4)CC3)c(F)c1)C2. The van der Waals surface area contributed by atoms with Gasteiger partial charge in [-0.15, -0.1) is 0 Å². The molecule has 1 saturated carbocycles. The number of carbonyl (C=O) groups excluding carboxylic acids is 1. The van der Waals surface area contributed by atoms with E-state index in [1.807, 2.05) is 31.3 Å². The van der Waals surface area contributed by atoms with Crippen molar-refractivity contribution in [1.29, 1.82) is 0 Å². The molecule has 2 aliphatic heterocycles. The molecule has 200 valence electrons. The highest BCUT2D eigenvalue weighted by molar-refractivity contribution is 6.08. The molecule has 3 aliphatic rings. The van der Waals surface area contributed by atoms with Crippen molar-refractivity contribution in [1.82, 2.24) is 19.6 Å². The van der Waals surface area contributed by atoms with Crippen molar-refractivity contribution in [3.63, 3.8) is 0 Å². The van der Waals surface area contributed by atoms with Crippen LogP contribution in [0.4, 0.5) is 21.6 Å². The second-order valence-electron chi connectivity index (χ2n) is 10.6. The molecule has 2 fully saturated rings. The monoisotopic (exact) mass is 518 g/mol. The Morgan fingerprint density at radius 3 is 2.68 bits per heavy atom. The number of amides is 1. The summed E-state index contributed by atoms with van der Waals surface area (Å²) in [5.41, 5.74) is 2.71. The minimum Gasteiger partial charge on any atom is -0.490 e. The van der Waals surface area contributed by atoms with Crippen molar-refractivity contribution >= 4 is 23.1 Å². The molecule has 38 heavy (non-hydrogen) atoms.